The largest absolute Gasteiger partial charge is 0.435 e. The summed E-state index contributed by atoms with van der Waals surface area (Å²) < 4.78 is 7.22. The Morgan fingerprint density at radius 3 is 2.35 bits per heavy atom. The van der Waals surface area contributed by atoms with E-state index in [0.717, 1.165) is 14.5 Å². The third kappa shape index (κ3) is 2.44. The van der Waals surface area contributed by atoms with Gasteiger partial charge in [-0.15, -0.1) is 0 Å². The van der Waals surface area contributed by atoms with E-state index < -0.39 is 0 Å². The number of anilines is 1. The lowest BCUT2D eigenvalue weighted by Crippen LogP contribution is -1.89. The predicted molar refractivity (Wildman–Crippen MR) is 89.3 cm³/mol. The number of benzene rings is 2. The molecule has 0 bridgehead atoms. The first-order valence-electron chi connectivity index (χ1n) is 5.46. The monoisotopic (exact) mass is 434 g/mol. The van der Waals surface area contributed by atoms with Crippen molar-refractivity contribution in [2.45, 2.75) is 0 Å². The van der Waals surface area contributed by atoms with Crippen molar-refractivity contribution in [3.8, 4) is 11.5 Å². The summed E-state index contributed by atoms with van der Waals surface area (Å²) in [7, 11) is 0. The third-order valence-corrected chi connectivity index (χ3v) is 4.55. The molecule has 3 rings (SSSR count). The summed E-state index contributed by atoms with van der Waals surface area (Å²) >= 11 is 18.8. The Balaban J connectivity index is 2.22. The van der Waals surface area contributed by atoms with Gasteiger partial charge >= 0.3 is 0 Å². The highest BCUT2D eigenvalue weighted by molar-refractivity contribution is 9.11. The maximum atomic E-state index is 6.09. The molecule has 20 heavy (non-hydrogen) atoms. The summed E-state index contributed by atoms with van der Waals surface area (Å²) in [6.07, 6.45) is 0. The van der Waals surface area contributed by atoms with Crippen molar-refractivity contribution >= 4 is 71.8 Å². The molecular formula is C13H6Br2Cl2N2O. The molecule has 0 atom stereocenters. The molecule has 0 aliphatic heterocycles. The van der Waals surface area contributed by atoms with Crippen LogP contribution in [-0.4, -0.2) is 4.98 Å². The fraction of sp³-hybridized carbons (Fsp3) is 0. The highest BCUT2D eigenvalue weighted by Gasteiger charge is 2.14. The number of nitrogen functional groups attached to an aromatic ring is 1. The Kier molecular flexibility index (Phi) is 3.71. The second-order valence-corrected chi connectivity index (χ2v) is 6.66. The number of hydrogen-bond donors (Lipinski definition) is 1. The molecule has 0 radical (unpaired) electrons. The van der Waals surface area contributed by atoms with E-state index in [2.05, 4.69) is 36.8 Å². The first-order valence-corrected chi connectivity index (χ1v) is 7.80. The molecule has 2 N–H and O–H groups in total. The van der Waals surface area contributed by atoms with E-state index in [1.807, 2.05) is 12.1 Å². The van der Waals surface area contributed by atoms with Crippen LogP contribution < -0.4 is 5.73 Å². The number of rotatable bonds is 1. The van der Waals surface area contributed by atoms with Gasteiger partial charge in [0.15, 0.2) is 5.58 Å². The lowest BCUT2D eigenvalue weighted by molar-refractivity contribution is 0.620. The Hall–Kier alpha value is -0.750. The lowest BCUT2D eigenvalue weighted by Gasteiger charge is -2.03. The summed E-state index contributed by atoms with van der Waals surface area (Å²) in [4.78, 5) is 4.40. The molecule has 0 saturated carbocycles. The number of nitrogens with zero attached hydrogens (tertiary/aromatic N) is 1. The van der Waals surface area contributed by atoms with Gasteiger partial charge < -0.3 is 10.2 Å². The Morgan fingerprint density at radius 1 is 1.05 bits per heavy atom. The summed E-state index contributed by atoms with van der Waals surface area (Å²) in [5.41, 5.74) is 8.38. The van der Waals surface area contributed by atoms with Gasteiger partial charge in [0, 0.05) is 19.5 Å². The van der Waals surface area contributed by atoms with E-state index in [-0.39, 0.29) is 0 Å². The van der Waals surface area contributed by atoms with E-state index in [1.165, 1.54) is 0 Å². The second-order valence-electron chi connectivity index (χ2n) is 4.11. The van der Waals surface area contributed by atoms with Gasteiger partial charge in [0.05, 0.1) is 10.7 Å². The van der Waals surface area contributed by atoms with Crippen LogP contribution in [0.15, 0.2) is 37.6 Å². The molecule has 1 heterocycles. The zero-order valence-corrected chi connectivity index (χ0v) is 14.4. The van der Waals surface area contributed by atoms with Gasteiger partial charge in [0.1, 0.15) is 5.52 Å². The summed E-state index contributed by atoms with van der Waals surface area (Å²) in [5.74, 6) is 0.450. The molecule has 3 aromatic rings. The van der Waals surface area contributed by atoms with Gasteiger partial charge in [-0.2, -0.15) is 0 Å². The minimum absolute atomic E-state index is 0.430. The molecule has 2 aromatic carbocycles. The highest BCUT2D eigenvalue weighted by Crippen LogP contribution is 2.36. The molecule has 0 aliphatic rings. The van der Waals surface area contributed by atoms with Crippen molar-refractivity contribution in [3.05, 3.63) is 43.3 Å². The van der Waals surface area contributed by atoms with Crippen molar-refractivity contribution in [3.63, 3.8) is 0 Å². The van der Waals surface area contributed by atoms with Crippen LogP contribution in [0.25, 0.3) is 22.6 Å². The fourth-order valence-electron chi connectivity index (χ4n) is 1.79. The SMILES string of the molecule is Nc1c(Br)cc(-c2nc3cc(Cl)cc(Cl)c3o2)cc1Br. The quantitative estimate of drug-likeness (QED) is 0.482. The fourth-order valence-corrected chi connectivity index (χ4v) is 3.50. The number of aromatic nitrogens is 1. The van der Waals surface area contributed by atoms with Gasteiger partial charge in [0.25, 0.3) is 0 Å². The van der Waals surface area contributed by atoms with E-state index in [0.29, 0.717) is 32.7 Å². The van der Waals surface area contributed by atoms with Crippen molar-refractivity contribution in [2.24, 2.45) is 0 Å². The smallest absolute Gasteiger partial charge is 0.227 e. The lowest BCUT2D eigenvalue weighted by atomic mass is 10.2. The Labute approximate surface area is 141 Å². The highest BCUT2D eigenvalue weighted by atomic mass is 79.9. The van der Waals surface area contributed by atoms with E-state index in [1.54, 1.807) is 12.1 Å². The molecule has 0 spiro atoms. The first-order chi connectivity index (χ1) is 9.45. The number of fused-ring (bicyclic) bond motifs is 1. The van der Waals surface area contributed by atoms with Gasteiger partial charge in [0.2, 0.25) is 5.89 Å². The van der Waals surface area contributed by atoms with Crippen LogP contribution in [0, 0.1) is 0 Å². The summed E-state index contributed by atoms with van der Waals surface area (Å²) in [6, 6.07) is 6.99. The minimum atomic E-state index is 0.430. The molecular weight excluding hydrogens is 431 g/mol. The molecule has 0 unspecified atom stereocenters. The van der Waals surface area contributed by atoms with Crippen LogP contribution in [0.3, 0.4) is 0 Å². The van der Waals surface area contributed by atoms with Crippen molar-refractivity contribution in [1.29, 1.82) is 0 Å². The van der Waals surface area contributed by atoms with Crippen LogP contribution >= 0.6 is 55.1 Å². The number of hydrogen-bond acceptors (Lipinski definition) is 3. The maximum Gasteiger partial charge on any atom is 0.227 e. The normalized spacial score (nSPS) is 11.2. The molecule has 102 valence electrons. The van der Waals surface area contributed by atoms with Crippen molar-refractivity contribution < 1.29 is 4.42 Å². The Morgan fingerprint density at radius 2 is 1.70 bits per heavy atom. The predicted octanol–water partition coefficient (Wildman–Crippen LogP) is 5.91. The maximum absolute atomic E-state index is 6.09. The van der Waals surface area contributed by atoms with Crippen LogP contribution in [0.4, 0.5) is 5.69 Å². The average molecular weight is 437 g/mol. The summed E-state index contributed by atoms with van der Waals surface area (Å²) in [5, 5.41) is 0.946. The standard InChI is InChI=1S/C13H6Br2Cl2N2O/c14-7-1-5(2-8(15)11(7)18)13-19-10-4-6(16)3-9(17)12(10)20-13/h1-4H,18H2. The second kappa shape index (κ2) is 5.22. The van der Waals surface area contributed by atoms with E-state index >= 15 is 0 Å². The van der Waals surface area contributed by atoms with Gasteiger partial charge in [-0.25, -0.2) is 4.98 Å². The Bertz CT molecular complexity index is 810. The minimum Gasteiger partial charge on any atom is -0.435 e. The molecule has 0 saturated heterocycles. The van der Waals surface area contributed by atoms with Crippen LogP contribution in [-0.2, 0) is 0 Å². The van der Waals surface area contributed by atoms with E-state index in [9.17, 15) is 0 Å². The number of nitrogens with two attached hydrogens (primary N) is 1. The average Bonchev–Trinajstić information content (AvgIpc) is 2.79. The topological polar surface area (TPSA) is 52.0 Å². The van der Waals surface area contributed by atoms with Crippen molar-refractivity contribution in [1.82, 2.24) is 4.98 Å². The molecule has 0 amide bonds. The van der Waals surface area contributed by atoms with Crippen LogP contribution in [0.2, 0.25) is 10.0 Å². The van der Waals surface area contributed by atoms with Crippen LogP contribution in [0.1, 0.15) is 0 Å². The molecule has 3 nitrogen and oxygen atoms in total. The molecule has 1 aromatic heterocycles. The molecule has 0 aliphatic carbocycles. The van der Waals surface area contributed by atoms with E-state index in [4.69, 9.17) is 33.4 Å². The van der Waals surface area contributed by atoms with Crippen molar-refractivity contribution in [2.75, 3.05) is 5.73 Å². The number of halogens is 4. The van der Waals surface area contributed by atoms with Gasteiger partial charge in [-0.05, 0) is 56.1 Å². The zero-order chi connectivity index (χ0) is 14.4. The molecule has 0 fully saturated rings. The van der Waals surface area contributed by atoms with Crippen LogP contribution in [0.5, 0.6) is 0 Å². The summed E-state index contributed by atoms with van der Waals surface area (Å²) in [6.45, 7) is 0. The first kappa shape index (κ1) is 14.2. The van der Waals surface area contributed by atoms with Gasteiger partial charge in [-0.1, -0.05) is 23.2 Å². The molecule has 7 heteroatoms. The van der Waals surface area contributed by atoms with Gasteiger partial charge in [-0.3, -0.25) is 0 Å². The third-order valence-electron chi connectivity index (χ3n) is 2.74. The number of oxazole rings is 1. The zero-order valence-electron chi connectivity index (χ0n) is 9.75.